The van der Waals surface area contributed by atoms with Crippen molar-refractivity contribution in [3.05, 3.63) is 33.1 Å². The summed E-state index contributed by atoms with van der Waals surface area (Å²) in [5.74, 6) is 0. The van der Waals surface area contributed by atoms with Gasteiger partial charge in [0.15, 0.2) is 0 Å². The van der Waals surface area contributed by atoms with Gasteiger partial charge in [0.05, 0.1) is 9.35 Å². The first kappa shape index (κ1) is 9.70. The van der Waals surface area contributed by atoms with E-state index in [0.29, 0.717) is 0 Å². The van der Waals surface area contributed by atoms with Crippen molar-refractivity contribution >= 4 is 37.4 Å². The predicted octanol–water partition coefficient (Wildman–Crippen LogP) is 4.10. The Hall–Kier alpha value is -0.850. The number of hydrogen-bond acceptors (Lipinski definition) is 2. The van der Waals surface area contributed by atoms with Crippen LogP contribution in [0, 0.1) is 11.3 Å². The molecule has 14 heavy (non-hydrogen) atoms. The average molecular weight is 266 g/mol. The van der Waals surface area contributed by atoms with Crippen LogP contribution in [-0.2, 0) is 6.42 Å². The van der Waals surface area contributed by atoms with E-state index in [0.717, 1.165) is 21.2 Å². The van der Waals surface area contributed by atoms with Gasteiger partial charge >= 0.3 is 0 Å². The Kier molecular flexibility index (Phi) is 2.58. The van der Waals surface area contributed by atoms with Crippen molar-refractivity contribution in [3.63, 3.8) is 0 Å². The molecule has 0 amide bonds. The van der Waals surface area contributed by atoms with Gasteiger partial charge in [0.1, 0.15) is 6.07 Å². The quantitative estimate of drug-likeness (QED) is 0.762. The lowest BCUT2D eigenvalue weighted by molar-refractivity contribution is 1.15. The Bertz CT molecular complexity index is 522. The SMILES string of the molecule is CCc1ccc2sc(Br)c(C#N)c2c1. The van der Waals surface area contributed by atoms with Gasteiger partial charge in [-0.3, -0.25) is 0 Å². The molecule has 0 N–H and O–H groups in total. The molecule has 0 saturated carbocycles. The molecule has 3 heteroatoms. The Morgan fingerprint density at radius 3 is 2.93 bits per heavy atom. The van der Waals surface area contributed by atoms with E-state index >= 15 is 0 Å². The van der Waals surface area contributed by atoms with E-state index in [2.05, 4.69) is 47.1 Å². The molecular formula is C11H8BrNS. The summed E-state index contributed by atoms with van der Waals surface area (Å²) >= 11 is 5.03. The van der Waals surface area contributed by atoms with Crippen molar-refractivity contribution < 1.29 is 0 Å². The van der Waals surface area contributed by atoms with E-state index < -0.39 is 0 Å². The van der Waals surface area contributed by atoms with Crippen LogP contribution in [0.15, 0.2) is 22.0 Å². The number of benzene rings is 1. The fourth-order valence-electron chi connectivity index (χ4n) is 1.44. The molecule has 70 valence electrons. The van der Waals surface area contributed by atoms with Gasteiger partial charge in [-0.2, -0.15) is 5.26 Å². The number of aryl methyl sites for hydroxylation is 1. The van der Waals surface area contributed by atoms with Crippen molar-refractivity contribution in [1.29, 1.82) is 5.26 Å². The lowest BCUT2D eigenvalue weighted by Gasteiger charge is -1.95. The number of thiophene rings is 1. The Morgan fingerprint density at radius 1 is 1.50 bits per heavy atom. The Morgan fingerprint density at radius 2 is 2.29 bits per heavy atom. The Labute approximate surface area is 95.1 Å². The van der Waals surface area contributed by atoms with Gasteiger partial charge in [-0.1, -0.05) is 13.0 Å². The average Bonchev–Trinajstić information content (AvgIpc) is 2.52. The fourth-order valence-corrected chi connectivity index (χ4v) is 3.12. The molecule has 1 aromatic heterocycles. The smallest absolute Gasteiger partial charge is 0.102 e. The van der Waals surface area contributed by atoms with Gasteiger partial charge in [0, 0.05) is 10.1 Å². The molecule has 0 atom stereocenters. The molecule has 0 aliphatic heterocycles. The zero-order valence-electron chi connectivity index (χ0n) is 7.67. The molecule has 0 fully saturated rings. The molecule has 0 spiro atoms. The van der Waals surface area contributed by atoms with E-state index in [1.807, 2.05) is 0 Å². The minimum Gasteiger partial charge on any atom is -0.192 e. The first-order valence-electron chi connectivity index (χ1n) is 4.37. The molecule has 1 aromatic carbocycles. The number of nitrogens with zero attached hydrogens (tertiary/aromatic N) is 1. The summed E-state index contributed by atoms with van der Waals surface area (Å²) in [5.41, 5.74) is 2.04. The molecule has 2 rings (SSSR count). The second-order valence-electron chi connectivity index (χ2n) is 3.05. The van der Waals surface area contributed by atoms with Gasteiger partial charge in [-0.05, 0) is 40.0 Å². The van der Waals surface area contributed by atoms with Crippen LogP contribution in [0.2, 0.25) is 0 Å². The largest absolute Gasteiger partial charge is 0.192 e. The number of halogens is 1. The zero-order chi connectivity index (χ0) is 10.1. The molecule has 0 bridgehead atoms. The third kappa shape index (κ3) is 1.45. The first-order chi connectivity index (χ1) is 6.76. The van der Waals surface area contributed by atoms with Crippen LogP contribution >= 0.6 is 27.3 Å². The summed E-state index contributed by atoms with van der Waals surface area (Å²) in [6.45, 7) is 2.12. The second-order valence-corrected chi connectivity index (χ2v) is 5.42. The standard InChI is InChI=1S/C11H8BrNS/c1-2-7-3-4-10-8(5-7)9(6-13)11(12)14-10/h3-5H,2H2,1H3. The summed E-state index contributed by atoms with van der Waals surface area (Å²) in [7, 11) is 0. The van der Waals surface area contributed by atoms with Crippen molar-refractivity contribution in [1.82, 2.24) is 0 Å². The molecule has 0 aliphatic rings. The van der Waals surface area contributed by atoms with Crippen LogP contribution in [0.4, 0.5) is 0 Å². The molecule has 0 radical (unpaired) electrons. The number of nitriles is 1. The molecule has 0 aliphatic carbocycles. The van der Waals surface area contributed by atoms with Crippen molar-refractivity contribution in [2.45, 2.75) is 13.3 Å². The monoisotopic (exact) mass is 265 g/mol. The van der Waals surface area contributed by atoms with Crippen LogP contribution in [0.1, 0.15) is 18.1 Å². The van der Waals surface area contributed by atoms with Gasteiger partial charge < -0.3 is 0 Å². The van der Waals surface area contributed by atoms with E-state index in [1.54, 1.807) is 11.3 Å². The van der Waals surface area contributed by atoms with E-state index in [1.165, 1.54) is 10.3 Å². The zero-order valence-corrected chi connectivity index (χ0v) is 10.1. The van der Waals surface area contributed by atoms with Gasteiger partial charge in [-0.25, -0.2) is 0 Å². The van der Waals surface area contributed by atoms with E-state index in [9.17, 15) is 0 Å². The number of rotatable bonds is 1. The maximum atomic E-state index is 9.00. The molecule has 0 saturated heterocycles. The fraction of sp³-hybridized carbons (Fsp3) is 0.182. The second kappa shape index (κ2) is 3.72. The van der Waals surface area contributed by atoms with Crippen LogP contribution in [-0.4, -0.2) is 0 Å². The summed E-state index contributed by atoms with van der Waals surface area (Å²) in [6.07, 6.45) is 1.01. The van der Waals surface area contributed by atoms with Gasteiger partial charge in [-0.15, -0.1) is 11.3 Å². The van der Waals surface area contributed by atoms with Crippen LogP contribution < -0.4 is 0 Å². The van der Waals surface area contributed by atoms with Gasteiger partial charge in [0.2, 0.25) is 0 Å². The summed E-state index contributed by atoms with van der Waals surface area (Å²) in [4.78, 5) is 0. The minimum atomic E-state index is 0.764. The highest BCUT2D eigenvalue weighted by Crippen LogP contribution is 2.35. The lowest BCUT2D eigenvalue weighted by Crippen LogP contribution is -1.78. The molecule has 0 unspecified atom stereocenters. The predicted molar refractivity (Wildman–Crippen MR) is 63.6 cm³/mol. The third-order valence-electron chi connectivity index (χ3n) is 2.23. The van der Waals surface area contributed by atoms with Crippen molar-refractivity contribution in [2.75, 3.05) is 0 Å². The van der Waals surface area contributed by atoms with Crippen LogP contribution in [0.25, 0.3) is 10.1 Å². The third-order valence-corrected chi connectivity index (χ3v) is 4.07. The highest BCUT2D eigenvalue weighted by atomic mass is 79.9. The first-order valence-corrected chi connectivity index (χ1v) is 5.98. The van der Waals surface area contributed by atoms with Crippen molar-refractivity contribution in [3.8, 4) is 6.07 Å². The molecule has 1 heterocycles. The maximum absolute atomic E-state index is 9.00. The highest BCUT2D eigenvalue weighted by molar-refractivity contribution is 9.11. The van der Waals surface area contributed by atoms with E-state index in [-0.39, 0.29) is 0 Å². The summed E-state index contributed by atoms with van der Waals surface area (Å²) in [5, 5.41) is 10.1. The van der Waals surface area contributed by atoms with E-state index in [4.69, 9.17) is 5.26 Å². The number of hydrogen-bond donors (Lipinski definition) is 0. The highest BCUT2D eigenvalue weighted by Gasteiger charge is 2.09. The normalized spacial score (nSPS) is 10.4. The van der Waals surface area contributed by atoms with Gasteiger partial charge in [0.25, 0.3) is 0 Å². The molecule has 2 aromatic rings. The number of fused-ring (bicyclic) bond motifs is 1. The Balaban J connectivity index is 2.79. The van der Waals surface area contributed by atoms with Crippen molar-refractivity contribution in [2.24, 2.45) is 0 Å². The lowest BCUT2D eigenvalue weighted by atomic mass is 10.1. The van der Waals surface area contributed by atoms with Crippen LogP contribution in [0.5, 0.6) is 0 Å². The molecule has 1 nitrogen and oxygen atoms in total. The summed E-state index contributed by atoms with van der Waals surface area (Å²) in [6, 6.07) is 8.54. The summed E-state index contributed by atoms with van der Waals surface area (Å²) < 4.78 is 2.11. The van der Waals surface area contributed by atoms with Crippen LogP contribution in [0.3, 0.4) is 0 Å². The maximum Gasteiger partial charge on any atom is 0.102 e. The molecular weight excluding hydrogens is 258 g/mol. The minimum absolute atomic E-state index is 0.764. The topological polar surface area (TPSA) is 23.8 Å².